The number of pyridine rings is 1. The number of aromatic nitrogens is 3. The van der Waals surface area contributed by atoms with Crippen molar-refractivity contribution in [3.05, 3.63) is 91.4 Å². The number of alkyl halides is 1. The van der Waals surface area contributed by atoms with Crippen LogP contribution in [0.15, 0.2) is 69.0 Å². The first-order valence-electron chi connectivity index (χ1n) is 11.6. The van der Waals surface area contributed by atoms with Gasteiger partial charge in [-0.2, -0.15) is 0 Å². The number of anilines is 3. The van der Waals surface area contributed by atoms with E-state index in [1.165, 1.54) is 38.9 Å². The molecule has 2 heterocycles. The van der Waals surface area contributed by atoms with Crippen LogP contribution in [-0.4, -0.2) is 27.3 Å². The van der Waals surface area contributed by atoms with Gasteiger partial charge >= 0.3 is 5.69 Å². The monoisotopic (exact) mass is 551 g/mol. The van der Waals surface area contributed by atoms with E-state index in [0.29, 0.717) is 24.1 Å². The highest BCUT2D eigenvalue weighted by Crippen LogP contribution is 2.33. The molecule has 0 aliphatic heterocycles. The number of aryl methyl sites for hydroxylation is 1. The third-order valence-corrected chi connectivity index (χ3v) is 7.91. The molecule has 38 heavy (non-hydrogen) atoms. The smallest absolute Gasteiger partial charge is 0.337 e. The molecule has 5 rings (SSSR count). The van der Waals surface area contributed by atoms with Crippen molar-refractivity contribution in [3.8, 4) is 18.0 Å². The number of terminal acetylenes is 1. The van der Waals surface area contributed by atoms with Crippen LogP contribution in [0.25, 0.3) is 16.7 Å². The van der Waals surface area contributed by atoms with Gasteiger partial charge in [-0.15, -0.1) is 18.0 Å². The molecule has 10 nitrogen and oxygen atoms in total. The minimum atomic E-state index is -3.81. The molecule has 2 N–H and O–H groups in total. The van der Waals surface area contributed by atoms with Crippen molar-refractivity contribution in [2.24, 2.45) is 7.05 Å². The van der Waals surface area contributed by atoms with Gasteiger partial charge in [0, 0.05) is 30.4 Å². The Morgan fingerprint density at radius 3 is 2.39 bits per heavy atom. The van der Waals surface area contributed by atoms with E-state index in [1.807, 2.05) is 0 Å². The second kappa shape index (κ2) is 9.55. The quantitative estimate of drug-likeness (QED) is 0.269. The summed E-state index contributed by atoms with van der Waals surface area (Å²) in [5, 5.41) is 2.60. The van der Waals surface area contributed by atoms with Gasteiger partial charge in [-0.3, -0.25) is 23.4 Å². The van der Waals surface area contributed by atoms with E-state index in [0.717, 1.165) is 0 Å². The largest absolute Gasteiger partial charge is 0.355 e. The second-order valence-electron chi connectivity index (χ2n) is 8.90. The van der Waals surface area contributed by atoms with Crippen LogP contribution in [0.4, 0.5) is 17.1 Å². The van der Waals surface area contributed by atoms with E-state index in [2.05, 4.69) is 16.0 Å². The molecule has 194 valence electrons. The Labute approximate surface area is 222 Å². The van der Waals surface area contributed by atoms with Gasteiger partial charge in [0.1, 0.15) is 16.2 Å². The molecule has 1 aliphatic rings. The number of nitrogens with one attached hydrogen (secondary N) is 2. The third kappa shape index (κ3) is 4.60. The molecule has 0 radical (unpaired) electrons. The summed E-state index contributed by atoms with van der Waals surface area (Å²) in [5.74, 6) is 2.53. The zero-order chi connectivity index (χ0) is 27.2. The maximum Gasteiger partial charge on any atom is 0.337 e. The summed E-state index contributed by atoms with van der Waals surface area (Å²) in [5.41, 5.74) is 0.346. The highest BCUT2D eigenvalue weighted by atomic mass is 35.5. The van der Waals surface area contributed by atoms with Crippen molar-refractivity contribution >= 4 is 49.7 Å². The summed E-state index contributed by atoms with van der Waals surface area (Å²) >= 11 is 5.52. The molecule has 1 saturated carbocycles. The molecule has 1 aliphatic carbocycles. The fourth-order valence-electron chi connectivity index (χ4n) is 4.27. The second-order valence-corrected chi connectivity index (χ2v) is 11.2. The Morgan fingerprint density at radius 1 is 1.05 bits per heavy atom. The van der Waals surface area contributed by atoms with Crippen molar-refractivity contribution in [1.29, 1.82) is 0 Å². The lowest BCUT2D eigenvalue weighted by Crippen LogP contribution is -2.41. The molecule has 12 heteroatoms. The molecular weight excluding hydrogens is 530 g/mol. The minimum absolute atomic E-state index is 0.0597. The predicted molar refractivity (Wildman–Crippen MR) is 148 cm³/mol. The third-order valence-electron chi connectivity index (χ3n) is 6.21. The predicted octanol–water partition coefficient (Wildman–Crippen LogP) is 2.85. The van der Waals surface area contributed by atoms with Gasteiger partial charge in [0.2, 0.25) is 10.0 Å². The summed E-state index contributed by atoms with van der Waals surface area (Å²) in [6.07, 6.45) is 6.77. The number of hydrogen-bond donors (Lipinski definition) is 2. The number of hydrogen-bond acceptors (Lipinski definition) is 6. The number of sulfonamides is 1. The standard InChI is InChI=1S/C26H22ClN5O5S/c1-3-16-7-9-17(10-8-16)28-21-14-22(33)30(2)24-23(21)25(34)32(19-11-12-19)26(35)31(24)20-6-4-5-18(13-20)29-38(36,37)15-27/h1,4-10,13-14,19,28-29H,11-12,15H2,2H3. The number of fused-ring (bicyclic) bond motifs is 1. The first-order chi connectivity index (χ1) is 18.1. The molecule has 0 atom stereocenters. The Hall–Kier alpha value is -4.27. The topological polar surface area (TPSA) is 124 Å². The lowest BCUT2D eigenvalue weighted by Gasteiger charge is -2.19. The van der Waals surface area contributed by atoms with Crippen LogP contribution in [0.2, 0.25) is 0 Å². The van der Waals surface area contributed by atoms with E-state index in [9.17, 15) is 22.8 Å². The fourth-order valence-corrected chi connectivity index (χ4v) is 4.97. The van der Waals surface area contributed by atoms with E-state index in [-0.39, 0.29) is 34.1 Å². The van der Waals surface area contributed by atoms with E-state index in [4.69, 9.17) is 18.0 Å². The van der Waals surface area contributed by atoms with Crippen LogP contribution in [0, 0.1) is 12.3 Å². The first kappa shape index (κ1) is 25.4. The summed E-state index contributed by atoms with van der Waals surface area (Å²) in [4.78, 5) is 40.5. The summed E-state index contributed by atoms with van der Waals surface area (Å²) in [6, 6.07) is 14.0. The van der Waals surface area contributed by atoms with Crippen molar-refractivity contribution < 1.29 is 8.42 Å². The lowest BCUT2D eigenvalue weighted by molar-refractivity contribution is 0.605. The highest BCUT2D eigenvalue weighted by molar-refractivity contribution is 7.93. The van der Waals surface area contributed by atoms with Gasteiger partial charge in [0.05, 0.1) is 17.1 Å². The Morgan fingerprint density at radius 2 is 1.76 bits per heavy atom. The van der Waals surface area contributed by atoms with Gasteiger partial charge in [-0.25, -0.2) is 17.8 Å². The maximum absolute atomic E-state index is 13.8. The summed E-state index contributed by atoms with van der Waals surface area (Å²) in [7, 11) is -2.34. The van der Waals surface area contributed by atoms with Gasteiger partial charge in [0.15, 0.2) is 0 Å². The Balaban J connectivity index is 1.81. The number of halogens is 1. The van der Waals surface area contributed by atoms with E-state index >= 15 is 0 Å². The van der Waals surface area contributed by atoms with Crippen LogP contribution in [0.5, 0.6) is 0 Å². The number of benzene rings is 2. The fraction of sp³-hybridized carbons (Fsp3) is 0.192. The van der Waals surface area contributed by atoms with Crippen molar-refractivity contribution in [2.45, 2.75) is 18.9 Å². The first-order valence-corrected chi connectivity index (χ1v) is 13.7. The summed E-state index contributed by atoms with van der Waals surface area (Å²) < 4.78 is 30.1. The van der Waals surface area contributed by atoms with Crippen LogP contribution in [0.3, 0.4) is 0 Å². The lowest BCUT2D eigenvalue weighted by atomic mass is 10.2. The zero-order valence-electron chi connectivity index (χ0n) is 20.1. The SMILES string of the molecule is C#Cc1ccc(Nc2cc(=O)n(C)c3c2c(=O)n(C2CC2)c(=O)n3-c2cccc(NS(=O)(=O)CCl)c2)cc1. The molecule has 2 aromatic carbocycles. The average Bonchev–Trinajstić information content (AvgIpc) is 3.72. The van der Waals surface area contributed by atoms with Gasteiger partial charge in [-0.1, -0.05) is 12.0 Å². The van der Waals surface area contributed by atoms with Gasteiger partial charge in [-0.05, 0) is 55.3 Å². The molecular formula is C26H22ClN5O5S. The zero-order valence-corrected chi connectivity index (χ0v) is 21.7. The highest BCUT2D eigenvalue weighted by Gasteiger charge is 2.31. The van der Waals surface area contributed by atoms with Gasteiger partial charge in [0.25, 0.3) is 11.1 Å². The van der Waals surface area contributed by atoms with Crippen LogP contribution >= 0.6 is 11.6 Å². The van der Waals surface area contributed by atoms with Crippen LogP contribution < -0.4 is 26.8 Å². The van der Waals surface area contributed by atoms with E-state index in [1.54, 1.807) is 36.4 Å². The molecule has 0 amide bonds. The minimum Gasteiger partial charge on any atom is -0.355 e. The number of rotatable bonds is 7. The Bertz CT molecular complexity index is 1910. The van der Waals surface area contributed by atoms with Crippen LogP contribution in [0.1, 0.15) is 24.4 Å². The molecule has 0 saturated heterocycles. The molecule has 4 aromatic rings. The van der Waals surface area contributed by atoms with Crippen molar-refractivity contribution in [3.63, 3.8) is 0 Å². The molecule has 2 aromatic heterocycles. The van der Waals surface area contributed by atoms with Crippen LogP contribution in [-0.2, 0) is 17.1 Å². The molecule has 0 unspecified atom stereocenters. The Kier molecular flexibility index (Phi) is 6.38. The average molecular weight is 552 g/mol. The molecule has 0 spiro atoms. The number of nitrogens with zero attached hydrogens (tertiary/aromatic N) is 3. The van der Waals surface area contributed by atoms with E-state index < -0.39 is 32.0 Å². The normalized spacial score (nSPS) is 13.3. The van der Waals surface area contributed by atoms with Crippen molar-refractivity contribution in [2.75, 3.05) is 15.3 Å². The maximum atomic E-state index is 13.8. The molecule has 1 fully saturated rings. The van der Waals surface area contributed by atoms with Crippen molar-refractivity contribution in [1.82, 2.24) is 13.7 Å². The summed E-state index contributed by atoms with van der Waals surface area (Å²) in [6.45, 7) is 0. The molecule has 0 bridgehead atoms. The van der Waals surface area contributed by atoms with Gasteiger partial charge < -0.3 is 5.32 Å².